The van der Waals surface area contributed by atoms with Crippen LogP contribution in [0, 0.1) is 5.92 Å². The fourth-order valence-corrected chi connectivity index (χ4v) is 2.68. The second-order valence-electron chi connectivity index (χ2n) is 6.08. The zero-order valence-electron chi connectivity index (χ0n) is 12.9. The van der Waals surface area contributed by atoms with Gasteiger partial charge in [-0.15, -0.1) is 0 Å². The Morgan fingerprint density at radius 3 is 2.67 bits per heavy atom. The first-order valence-electron chi connectivity index (χ1n) is 7.34. The van der Waals surface area contributed by atoms with Gasteiger partial charge < -0.3 is 10.6 Å². The molecule has 1 atom stereocenters. The molecule has 0 spiro atoms. The molecule has 2 heterocycles. The van der Waals surface area contributed by atoms with E-state index in [4.69, 9.17) is 0 Å². The molecule has 1 aliphatic heterocycles. The van der Waals surface area contributed by atoms with Crippen molar-refractivity contribution in [2.75, 3.05) is 5.32 Å². The number of benzene rings is 1. The molecule has 2 aromatic rings. The maximum atomic E-state index is 13.7. The first kappa shape index (κ1) is 16.3. The van der Waals surface area contributed by atoms with Gasteiger partial charge in [0.2, 0.25) is 11.9 Å². The smallest absolute Gasteiger partial charge is 0.318 e. The normalized spacial score (nSPS) is 20.3. The first-order valence-corrected chi connectivity index (χ1v) is 7.34. The third-order valence-corrected chi connectivity index (χ3v) is 3.73. The number of hydrogen-bond acceptors (Lipinski definition) is 4. The summed E-state index contributed by atoms with van der Waals surface area (Å²) in [5.41, 5.74) is -2.57. The molecule has 24 heavy (non-hydrogen) atoms. The van der Waals surface area contributed by atoms with Gasteiger partial charge in [-0.1, -0.05) is 26.0 Å². The molecule has 1 aliphatic rings. The van der Waals surface area contributed by atoms with E-state index in [9.17, 15) is 22.8 Å². The number of hydrogen-bond donors (Lipinski definition) is 2. The summed E-state index contributed by atoms with van der Waals surface area (Å²) in [5.74, 6) is -2.58. The third-order valence-electron chi connectivity index (χ3n) is 3.73. The van der Waals surface area contributed by atoms with E-state index in [0.29, 0.717) is 5.52 Å². The highest BCUT2D eigenvalue weighted by molar-refractivity contribution is 6.06. The van der Waals surface area contributed by atoms with E-state index in [2.05, 4.69) is 10.3 Å². The Labute approximate surface area is 135 Å². The van der Waals surface area contributed by atoms with Gasteiger partial charge in [-0.2, -0.15) is 13.2 Å². The zero-order valence-corrected chi connectivity index (χ0v) is 12.9. The van der Waals surface area contributed by atoms with E-state index in [0.717, 1.165) is 4.57 Å². The molecule has 0 unspecified atom stereocenters. The maximum absolute atomic E-state index is 13.7. The highest BCUT2D eigenvalue weighted by Gasteiger charge is 2.66. The fraction of sp³-hybridized carbons (Fsp3) is 0.400. The number of rotatable bonds is 3. The number of nitrogens with one attached hydrogen (secondary N) is 2. The molecule has 0 saturated heterocycles. The molecule has 1 aromatic heterocycles. The Bertz CT molecular complexity index is 828. The molecule has 0 fully saturated rings. The maximum Gasteiger partial charge on any atom is 0.440 e. The standard InChI is InChI=1S/C15H15F3N4O2/c1-8(2)7-11(23)20-14(15(16,17)18)12(24)22-10-6-4-3-5-9(10)19-13(22)21-14/h3-6,8H,7H2,1-2H3,(H,19,21)(H,20,23)/t14-/m1/s1. The van der Waals surface area contributed by atoms with E-state index in [1.807, 2.05) is 5.32 Å². The van der Waals surface area contributed by atoms with Crippen LogP contribution in [-0.4, -0.2) is 33.2 Å². The van der Waals surface area contributed by atoms with E-state index < -0.39 is 23.7 Å². The molecule has 1 amide bonds. The Hall–Kier alpha value is -2.58. The molecule has 128 valence electrons. The first-order chi connectivity index (χ1) is 11.2. The van der Waals surface area contributed by atoms with Crippen LogP contribution in [0.15, 0.2) is 24.3 Å². The van der Waals surface area contributed by atoms with Crippen LogP contribution in [0.5, 0.6) is 0 Å². The monoisotopic (exact) mass is 340 g/mol. The van der Waals surface area contributed by atoms with Gasteiger partial charge in [0.05, 0.1) is 11.0 Å². The molecular weight excluding hydrogens is 325 g/mol. The van der Waals surface area contributed by atoms with Gasteiger partial charge in [-0.05, 0) is 18.1 Å². The molecule has 6 nitrogen and oxygen atoms in total. The second-order valence-corrected chi connectivity index (χ2v) is 6.08. The Morgan fingerprint density at radius 1 is 1.38 bits per heavy atom. The highest BCUT2D eigenvalue weighted by atomic mass is 19.4. The van der Waals surface area contributed by atoms with Crippen LogP contribution in [0.4, 0.5) is 19.1 Å². The largest absolute Gasteiger partial charge is 0.440 e. The molecular formula is C15H15F3N4O2. The summed E-state index contributed by atoms with van der Waals surface area (Å²) in [7, 11) is 0. The van der Waals surface area contributed by atoms with Crippen molar-refractivity contribution in [2.24, 2.45) is 5.92 Å². The van der Waals surface area contributed by atoms with Crippen molar-refractivity contribution in [1.82, 2.24) is 14.9 Å². The van der Waals surface area contributed by atoms with Crippen LogP contribution in [0.1, 0.15) is 25.1 Å². The number of anilines is 1. The summed E-state index contributed by atoms with van der Waals surface area (Å²) in [5, 5.41) is 3.90. The number of aromatic nitrogens is 2. The molecule has 9 heteroatoms. The summed E-state index contributed by atoms with van der Waals surface area (Å²) in [6.45, 7) is 3.39. The number of carbonyl (C=O) groups is 2. The van der Waals surface area contributed by atoms with Crippen LogP contribution >= 0.6 is 0 Å². The van der Waals surface area contributed by atoms with Crippen LogP contribution in [0.3, 0.4) is 0 Å². The van der Waals surface area contributed by atoms with Crippen LogP contribution < -0.4 is 10.6 Å². The zero-order chi connectivity index (χ0) is 17.7. The van der Waals surface area contributed by atoms with E-state index in [1.165, 1.54) is 6.07 Å². The number of halogens is 3. The Kier molecular flexibility index (Phi) is 3.54. The predicted molar refractivity (Wildman–Crippen MR) is 80.4 cm³/mol. The van der Waals surface area contributed by atoms with Gasteiger partial charge in [0.25, 0.3) is 11.6 Å². The lowest BCUT2D eigenvalue weighted by atomic mass is 10.1. The number of carbonyl (C=O) groups excluding carboxylic acids is 2. The van der Waals surface area contributed by atoms with Crippen molar-refractivity contribution in [3.63, 3.8) is 0 Å². The molecule has 0 aliphatic carbocycles. The highest BCUT2D eigenvalue weighted by Crippen LogP contribution is 2.39. The van der Waals surface area contributed by atoms with Crippen molar-refractivity contribution in [1.29, 1.82) is 0 Å². The molecule has 0 bridgehead atoms. The number of imidazole rings is 1. The van der Waals surface area contributed by atoms with E-state index in [-0.39, 0.29) is 23.8 Å². The molecule has 3 rings (SSSR count). The lowest BCUT2D eigenvalue weighted by molar-refractivity contribution is -0.176. The SMILES string of the molecule is CC(C)CC(=O)N[C@@]1(C(F)(F)F)Nc2nc3ccccc3n2C1=O. The Balaban J connectivity index is 2.05. The number of nitrogens with zero attached hydrogens (tertiary/aromatic N) is 2. The lowest BCUT2D eigenvalue weighted by Crippen LogP contribution is -2.67. The van der Waals surface area contributed by atoms with Crippen molar-refractivity contribution < 1.29 is 22.8 Å². The average Bonchev–Trinajstić information content (AvgIpc) is 2.93. The number of amides is 1. The molecule has 0 saturated carbocycles. The summed E-state index contributed by atoms with van der Waals surface area (Å²) in [6.07, 6.45) is -5.16. The minimum atomic E-state index is -5.03. The van der Waals surface area contributed by atoms with E-state index in [1.54, 1.807) is 32.0 Å². The summed E-state index contributed by atoms with van der Waals surface area (Å²) in [6, 6.07) is 6.34. The van der Waals surface area contributed by atoms with Gasteiger partial charge in [0.15, 0.2) is 0 Å². The van der Waals surface area contributed by atoms with Crippen molar-refractivity contribution >= 4 is 28.8 Å². The number of alkyl halides is 3. The van der Waals surface area contributed by atoms with Crippen molar-refractivity contribution in [3.8, 4) is 0 Å². The predicted octanol–water partition coefficient (Wildman–Crippen LogP) is 2.52. The second kappa shape index (κ2) is 5.22. The topological polar surface area (TPSA) is 76.0 Å². The van der Waals surface area contributed by atoms with Gasteiger partial charge >= 0.3 is 6.18 Å². The van der Waals surface area contributed by atoms with Gasteiger partial charge in [-0.25, -0.2) is 9.55 Å². The van der Waals surface area contributed by atoms with E-state index >= 15 is 0 Å². The van der Waals surface area contributed by atoms with Crippen molar-refractivity contribution in [2.45, 2.75) is 32.1 Å². The van der Waals surface area contributed by atoms with Crippen molar-refractivity contribution in [3.05, 3.63) is 24.3 Å². The quantitative estimate of drug-likeness (QED) is 0.900. The van der Waals surface area contributed by atoms with Gasteiger partial charge in [0, 0.05) is 6.42 Å². The van der Waals surface area contributed by atoms with Gasteiger partial charge in [0.1, 0.15) is 0 Å². The Morgan fingerprint density at radius 2 is 2.04 bits per heavy atom. The van der Waals surface area contributed by atoms with Crippen LogP contribution in [0.2, 0.25) is 0 Å². The minimum Gasteiger partial charge on any atom is -0.318 e. The molecule has 1 aromatic carbocycles. The summed E-state index contributed by atoms with van der Waals surface area (Å²) >= 11 is 0. The fourth-order valence-electron chi connectivity index (χ4n) is 2.68. The third kappa shape index (κ3) is 2.31. The lowest BCUT2D eigenvalue weighted by Gasteiger charge is -2.30. The summed E-state index contributed by atoms with van der Waals surface area (Å²) < 4.78 is 41.8. The van der Waals surface area contributed by atoms with Crippen LogP contribution in [-0.2, 0) is 4.79 Å². The van der Waals surface area contributed by atoms with Crippen LogP contribution in [0.25, 0.3) is 11.0 Å². The van der Waals surface area contributed by atoms with Gasteiger partial charge in [-0.3, -0.25) is 9.59 Å². The molecule has 0 radical (unpaired) electrons. The molecule has 2 N–H and O–H groups in total. The minimum absolute atomic E-state index is 0.129. The average molecular weight is 340 g/mol. The summed E-state index contributed by atoms with van der Waals surface area (Å²) in [4.78, 5) is 28.5. The number of para-hydroxylation sites is 2. The number of fused-ring (bicyclic) bond motifs is 3.